The summed E-state index contributed by atoms with van der Waals surface area (Å²) in [6.45, 7) is 4.60. The highest BCUT2D eigenvalue weighted by Gasteiger charge is 2.21. The first kappa shape index (κ1) is 16.2. The molecule has 0 amide bonds. The van der Waals surface area contributed by atoms with Crippen molar-refractivity contribution in [3.8, 4) is 0 Å². The van der Waals surface area contributed by atoms with E-state index in [0.29, 0.717) is 6.04 Å². The van der Waals surface area contributed by atoms with Gasteiger partial charge in [0.2, 0.25) is 0 Å². The van der Waals surface area contributed by atoms with E-state index in [9.17, 15) is 4.79 Å². The van der Waals surface area contributed by atoms with Crippen molar-refractivity contribution in [1.29, 1.82) is 0 Å². The molecule has 0 aromatic heterocycles. The molecule has 1 aromatic rings. The number of carboxylic acids is 1. The van der Waals surface area contributed by atoms with Gasteiger partial charge in [-0.2, -0.15) is 0 Å². The fourth-order valence-corrected chi connectivity index (χ4v) is 3.35. The molecule has 0 radical (unpaired) electrons. The van der Waals surface area contributed by atoms with Gasteiger partial charge in [0.15, 0.2) is 0 Å². The standard InChI is InChI=1S/C17H24ClNO2/c1-11(2)12-4-3-5-13(7-6-12)19-14-8-9-16(18)15(10-14)17(20)21/h8-13,19H,3-7H2,1-2H3,(H,20,21). The lowest BCUT2D eigenvalue weighted by molar-refractivity contribution is 0.0697. The highest BCUT2D eigenvalue weighted by molar-refractivity contribution is 6.33. The molecule has 2 unspecified atom stereocenters. The van der Waals surface area contributed by atoms with Crippen LogP contribution in [0.3, 0.4) is 0 Å². The summed E-state index contributed by atoms with van der Waals surface area (Å²) in [6.07, 6.45) is 6.08. The summed E-state index contributed by atoms with van der Waals surface area (Å²) in [7, 11) is 0. The first-order chi connectivity index (χ1) is 9.97. The van der Waals surface area contributed by atoms with Crippen LogP contribution in [0.15, 0.2) is 18.2 Å². The molecule has 0 saturated heterocycles. The van der Waals surface area contributed by atoms with Gasteiger partial charge >= 0.3 is 5.97 Å². The number of nitrogens with one attached hydrogen (secondary N) is 1. The van der Waals surface area contributed by atoms with Crippen LogP contribution in [-0.4, -0.2) is 17.1 Å². The molecule has 1 fully saturated rings. The molecule has 2 rings (SSSR count). The topological polar surface area (TPSA) is 49.3 Å². The van der Waals surface area contributed by atoms with Crippen LogP contribution >= 0.6 is 11.6 Å². The van der Waals surface area contributed by atoms with Gasteiger partial charge in [-0.15, -0.1) is 0 Å². The van der Waals surface area contributed by atoms with Crippen molar-refractivity contribution in [2.24, 2.45) is 11.8 Å². The average Bonchev–Trinajstić information content (AvgIpc) is 2.66. The maximum Gasteiger partial charge on any atom is 0.337 e. The molecule has 1 saturated carbocycles. The van der Waals surface area contributed by atoms with Gasteiger partial charge in [-0.05, 0) is 49.3 Å². The fourth-order valence-electron chi connectivity index (χ4n) is 3.16. The summed E-state index contributed by atoms with van der Waals surface area (Å²) in [6, 6.07) is 5.58. The van der Waals surface area contributed by atoms with Crippen molar-refractivity contribution < 1.29 is 9.90 Å². The molecule has 1 aliphatic carbocycles. The zero-order valence-corrected chi connectivity index (χ0v) is 13.5. The van der Waals surface area contributed by atoms with E-state index in [1.54, 1.807) is 12.1 Å². The molecule has 116 valence electrons. The Balaban J connectivity index is 2.01. The summed E-state index contributed by atoms with van der Waals surface area (Å²) < 4.78 is 0. The monoisotopic (exact) mass is 309 g/mol. The molecule has 0 bridgehead atoms. The molecular weight excluding hydrogens is 286 g/mol. The van der Waals surface area contributed by atoms with E-state index in [-0.39, 0.29) is 10.6 Å². The van der Waals surface area contributed by atoms with E-state index >= 15 is 0 Å². The van der Waals surface area contributed by atoms with E-state index in [1.807, 2.05) is 6.07 Å². The minimum absolute atomic E-state index is 0.162. The van der Waals surface area contributed by atoms with Crippen LogP contribution in [-0.2, 0) is 0 Å². The summed E-state index contributed by atoms with van der Waals surface area (Å²) in [4.78, 5) is 11.1. The Morgan fingerprint density at radius 3 is 2.71 bits per heavy atom. The molecule has 2 atom stereocenters. The zero-order chi connectivity index (χ0) is 15.4. The number of rotatable bonds is 4. The molecule has 4 heteroatoms. The third kappa shape index (κ3) is 4.37. The van der Waals surface area contributed by atoms with Gasteiger partial charge in [-0.3, -0.25) is 0 Å². The van der Waals surface area contributed by atoms with Crippen LogP contribution in [0, 0.1) is 11.8 Å². The van der Waals surface area contributed by atoms with Crippen LogP contribution in [0.4, 0.5) is 5.69 Å². The van der Waals surface area contributed by atoms with Gasteiger partial charge in [0, 0.05) is 11.7 Å². The smallest absolute Gasteiger partial charge is 0.337 e. The second-order valence-corrected chi connectivity index (χ2v) is 6.76. The molecule has 1 aliphatic rings. The minimum atomic E-state index is -0.982. The Hall–Kier alpha value is -1.22. The Bertz CT molecular complexity index is 502. The van der Waals surface area contributed by atoms with Gasteiger partial charge < -0.3 is 10.4 Å². The predicted molar refractivity (Wildman–Crippen MR) is 87.2 cm³/mol. The largest absolute Gasteiger partial charge is 0.478 e. The Kier molecular flexibility index (Phi) is 5.51. The molecule has 3 nitrogen and oxygen atoms in total. The van der Waals surface area contributed by atoms with E-state index in [2.05, 4.69) is 19.2 Å². The number of hydrogen-bond acceptors (Lipinski definition) is 2. The molecule has 0 spiro atoms. The van der Waals surface area contributed by atoms with Crippen molar-refractivity contribution >= 4 is 23.3 Å². The summed E-state index contributed by atoms with van der Waals surface area (Å²) in [5.74, 6) is 0.582. The number of aromatic carboxylic acids is 1. The molecular formula is C17H24ClNO2. The van der Waals surface area contributed by atoms with Crippen LogP contribution in [0.2, 0.25) is 5.02 Å². The van der Waals surface area contributed by atoms with Crippen molar-refractivity contribution in [3.05, 3.63) is 28.8 Å². The maximum atomic E-state index is 11.1. The lowest BCUT2D eigenvalue weighted by Gasteiger charge is -2.20. The normalized spacial score (nSPS) is 22.9. The Labute approximate surface area is 131 Å². The third-order valence-electron chi connectivity index (χ3n) is 4.52. The fraction of sp³-hybridized carbons (Fsp3) is 0.588. The number of halogens is 1. The third-order valence-corrected chi connectivity index (χ3v) is 4.85. The Morgan fingerprint density at radius 1 is 1.29 bits per heavy atom. The van der Waals surface area contributed by atoms with Crippen molar-refractivity contribution in [3.63, 3.8) is 0 Å². The van der Waals surface area contributed by atoms with Gasteiger partial charge in [0.25, 0.3) is 0 Å². The lowest BCUT2D eigenvalue weighted by atomic mass is 9.89. The predicted octanol–water partition coefficient (Wildman–Crippen LogP) is 5.06. The maximum absolute atomic E-state index is 11.1. The first-order valence-electron chi connectivity index (χ1n) is 7.76. The quantitative estimate of drug-likeness (QED) is 0.765. The highest BCUT2D eigenvalue weighted by Crippen LogP contribution is 2.30. The summed E-state index contributed by atoms with van der Waals surface area (Å²) in [5.41, 5.74) is 1.01. The van der Waals surface area contributed by atoms with Crippen molar-refractivity contribution in [2.45, 2.75) is 52.0 Å². The molecule has 0 aliphatic heterocycles. The molecule has 0 heterocycles. The lowest BCUT2D eigenvalue weighted by Crippen LogP contribution is -2.19. The van der Waals surface area contributed by atoms with Crippen LogP contribution in [0.5, 0.6) is 0 Å². The van der Waals surface area contributed by atoms with E-state index in [0.717, 1.165) is 30.4 Å². The first-order valence-corrected chi connectivity index (χ1v) is 8.14. The van der Waals surface area contributed by atoms with Crippen molar-refractivity contribution in [1.82, 2.24) is 0 Å². The number of benzene rings is 1. The average molecular weight is 310 g/mol. The van der Waals surface area contributed by atoms with Crippen molar-refractivity contribution in [2.75, 3.05) is 5.32 Å². The molecule has 2 N–H and O–H groups in total. The van der Waals surface area contributed by atoms with Gasteiger partial charge in [-0.1, -0.05) is 38.3 Å². The number of carbonyl (C=O) groups is 1. The van der Waals surface area contributed by atoms with Gasteiger partial charge in [-0.25, -0.2) is 4.79 Å². The van der Waals surface area contributed by atoms with E-state index in [1.165, 1.54) is 19.3 Å². The number of carboxylic acid groups (broad SMARTS) is 1. The summed E-state index contributed by atoms with van der Waals surface area (Å²) in [5, 5.41) is 12.9. The van der Waals surface area contributed by atoms with Crippen LogP contribution < -0.4 is 5.32 Å². The second-order valence-electron chi connectivity index (χ2n) is 6.35. The van der Waals surface area contributed by atoms with E-state index in [4.69, 9.17) is 16.7 Å². The van der Waals surface area contributed by atoms with E-state index < -0.39 is 5.97 Å². The number of anilines is 1. The highest BCUT2D eigenvalue weighted by atomic mass is 35.5. The number of hydrogen-bond donors (Lipinski definition) is 2. The summed E-state index contributed by atoms with van der Waals surface area (Å²) >= 11 is 5.91. The molecule has 21 heavy (non-hydrogen) atoms. The zero-order valence-electron chi connectivity index (χ0n) is 12.7. The SMILES string of the molecule is CC(C)C1CCCC(Nc2ccc(Cl)c(C(=O)O)c2)CC1. The minimum Gasteiger partial charge on any atom is -0.478 e. The van der Waals surface area contributed by atoms with Crippen LogP contribution in [0.25, 0.3) is 0 Å². The van der Waals surface area contributed by atoms with Gasteiger partial charge in [0.1, 0.15) is 0 Å². The second kappa shape index (κ2) is 7.17. The molecule has 1 aromatic carbocycles. The van der Waals surface area contributed by atoms with Gasteiger partial charge in [0.05, 0.1) is 10.6 Å². The Morgan fingerprint density at radius 2 is 2.05 bits per heavy atom. The van der Waals surface area contributed by atoms with Crippen LogP contribution in [0.1, 0.15) is 56.3 Å².